The number of benzene rings is 2. The van der Waals surface area contributed by atoms with Gasteiger partial charge in [-0.05, 0) is 17.7 Å². The van der Waals surface area contributed by atoms with Crippen LogP contribution >= 0.6 is 0 Å². The number of nitro benzene ring substituents is 1. The average molecular weight is 378 g/mol. The first-order valence-electron chi connectivity index (χ1n) is 9.35. The minimum atomic E-state index is -0.501. The van der Waals surface area contributed by atoms with Crippen molar-refractivity contribution >= 4 is 22.1 Å². The maximum absolute atomic E-state index is 11.3. The Hall–Kier alpha value is -3.03. The highest BCUT2D eigenvalue weighted by molar-refractivity contribution is 5.99. The molecule has 2 heterocycles. The van der Waals surface area contributed by atoms with Crippen LogP contribution in [-0.4, -0.2) is 52.6 Å². The summed E-state index contributed by atoms with van der Waals surface area (Å²) in [4.78, 5) is 19.5. The third-order valence-corrected chi connectivity index (χ3v) is 5.30. The number of piperazine rings is 1. The predicted molar refractivity (Wildman–Crippen MR) is 108 cm³/mol. The van der Waals surface area contributed by atoms with Crippen LogP contribution in [0.25, 0.3) is 10.8 Å². The van der Waals surface area contributed by atoms with Crippen LogP contribution in [0.1, 0.15) is 11.7 Å². The Morgan fingerprint density at radius 1 is 1.04 bits per heavy atom. The Kier molecular flexibility index (Phi) is 5.18. The lowest BCUT2D eigenvalue weighted by molar-refractivity contribution is -0.383. The van der Waals surface area contributed by atoms with Crippen LogP contribution in [0.5, 0.6) is 0 Å². The van der Waals surface area contributed by atoms with Crippen molar-refractivity contribution in [2.75, 3.05) is 37.6 Å². The molecule has 1 fully saturated rings. The SMILES string of the molecule is O=[N+]([O-])c1ccc(N2CCN(CC(O)c3ccccc3)CC2)c2ccncc12. The zero-order valence-corrected chi connectivity index (χ0v) is 15.4. The number of pyridine rings is 1. The normalized spacial score (nSPS) is 16.2. The summed E-state index contributed by atoms with van der Waals surface area (Å²) in [5.74, 6) is 0. The van der Waals surface area contributed by atoms with E-state index in [1.807, 2.05) is 42.5 Å². The number of rotatable bonds is 5. The van der Waals surface area contributed by atoms with Crippen LogP contribution in [0.15, 0.2) is 60.9 Å². The van der Waals surface area contributed by atoms with Crippen molar-refractivity contribution in [3.63, 3.8) is 0 Å². The van der Waals surface area contributed by atoms with Gasteiger partial charge in [-0.15, -0.1) is 0 Å². The van der Waals surface area contributed by atoms with Gasteiger partial charge in [0.05, 0.1) is 16.4 Å². The molecular weight excluding hydrogens is 356 g/mol. The first kappa shape index (κ1) is 18.3. The van der Waals surface area contributed by atoms with E-state index in [0.717, 1.165) is 42.8 Å². The van der Waals surface area contributed by atoms with Gasteiger partial charge in [0, 0.05) is 62.3 Å². The molecule has 1 aromatic heterocycles. The summed E-state index contributed by atoms with van der Waals surface area (Å²) in [6, 6.07) is 14.9. The van der Waals surface area contributed by atoms with Gasteiger partial charge in [0.25, 0.3) is 5.69 Å². The van der Waals surface area contributed by atoms with Crippen LogP contribution in [0, 0.1) is 10.1 Å². The van der Waals surface area contributed by atoms with Crippen LogP contribution in [-0.2, 0) is 0 Å². The summed E-state index contributed by atoms with van der Waals surface area (Å²) in [5, 5.41) is 23.2. The van der Waals surface area contributed by atoms with Crippen LogP contribution in [0.4, 0.5) is 11.4 Å². The smallest absolute Gasteiger partial charge is 0.278 e. The average Bonchev–Trinajstić information content (AvgIpc) is 2.74. The molecular formula is C21H22N4O3. The first-order valence-corrected chi connectivity index (χ1v) is 9.35. The molecule has 4 rings (SSSR count). The lowest BCUT2D eigenvalue weighted by atomic mass is 10.1. The van der Waals surface area contributed by atoms with Crippen molar-refractivity contribution in [2.45, 2.75) is 6.10 Å². The third kappa shape index (κ3) is 3.67. The van der Waals surface area contributed by atoms with Crippen molar-refractivity contribution in [3.8, 4) is 0 Å². The molecule has 28 heavy (non-hydrogen) atoms. The Balaban J connectivity index is 1.47. The van der Waals surface area contributed by atoms with Gasteiger partial charge in [0.15, 0.2) is 0 Å². The molecule has 0 aliphatic carbocycles. The van der Waals surface area contributed by atoms with Gasteiger partial charge in [0.2, 0.25) is 0 Å². The molecule has 3 aromatic rings. The zero-order valence-electron chi connectivity index (χ0n) is 15.4. The molecule has 1 saturated heterocycles. The molecule has 144 valence electrons. The number of β-amino-alcohol motifs (C(OH)–C–C–N with tert-alkyl or cyclic N) is 1. The molecule has 0 spiro atoms. The van der Waals surface area contributed by atoms with E-state index in [0.29, 0.717) is 11.9 Å². The number of hydrogen-bond donors (Lipinski definition) is 1. The largest absolute Gasteiger partial charge is 0.387 e. The molecule has 1 N–H and O–H groups in total. The highest BCUT2D eigenvalue weighted by Crippen LogP contribution is 2.33. The fourth-order valence-electron chi connectivity index (χ4n) is 3.79. The summed E-state index contributed by atoms with van der Waals surface area (Å²) >= 11 is 0. The fraction of sp³-hybridized carbons (Fsp3) is 0.286. The lowest BCUT2D eigenvalue weighted by Gasteiger charge is -2.37. The van der Waals surface area contributed by atoms with E-state index in [1.54, 1.807) is 18.5 Å². The Morgan fingerprint density at radius 2 is 1.79 bits per heavy atom. The maximum Gasteiger partial charge on any atom is 0.278 e. The van der Waals surface area contributed by atoms with E-state index < -0.39 is 6.10 Å². The number of fused-ring (bicyclic) bond motifs is 1. The van der Waals surface area contributed by atoms with E-state index in [4.69, 9.17) is 0 Å². The second-order valence-electron chi connectivity index (χ2n) is 7.00. The number of nitrogens with zero attached hydrogens (tertiary/aromatic N) is 4. The number of nitro groups is 1. The zero-order chi connectivity index (χ0) is 19.5. The molecule has 1 unspecified atom stereocenters. The Labute approximate surface area is 163 Å². The molecule has 1 aliphatic heterocycles. The topological polar surface area (TPSA) is 82.7 Å². The fourth-order valence-corrected chi connectivity index (χ4v) is 3.79. The number of aromatic nitrogens is 1. The third-order valence-electron chi connectivity index (χ3n) is 5.30. The van der Waals surface area contributed by atoms with Gasteiger partial charge in [-0.3, -0.25) is 20.0 Å². The van der Waals surface area contributed by atoms with E-state index in [-0.39, 0.29) is 10.6 Å². The summed E-state index contributed by atoms with van der Waals surface area (Å²) in [6.45, 7) is 3.86. The van der Waals surface area contributed by atoms with Crippen molar-refractivity contribution in [1.29, 1.82) is 0 Å². The molecule has 1 aliphatic rings. The van der Waals surface area contributed by atoms with Gasteiger partial charge in [0.1, 0.15) is 0 Å². The van der Waals surface area contributed by atoms with Crippen LogP contribution in [0.3, 0.4) is 0 Å². The Morgan fingerprint density at radius 3 is 2.50 bits per heavy atom. The number of hydrogen-bond acceptors (Lipinski definition) is 6. The molecule has 1 atom stereocenters. The van der Waals surface area contributed by atoms with Crippen molar-refractivity contribution in [1.82, 2.24) is 9.88 Å². The minimum absolute atomic E-state index is 0.0801. The van der Waals surface area contributed by atoms with E-state index in [9.17, 15) is 15.2 Å². The second-order valence-corrected chi connectivity index (χ2v) is 7.00. The number of aliphatic hydroxyl groups is 1. The van der Waals surface area contributed by atoms with E-state index in [2.05, 4.69) is 14.8 Å². The quantitative estimate of drug-likeness (QED) is 0.543. The minimum Gasteiger partial charge on any atom is -0.387 e. The molecule has 0 amide bonds. The van der Waals surface area contributed by atoms with E-state index >= 15 is 0 Å². The lowest BCUT2D eigenvalue weighted by Crippen LogP contribution is -2.47. The summed E-state index contributed by atoms with van der Waals surface area (Å²) < 4.78 is 0. The molecule has 7 heteroatoms. The standard InChI is InChI=1S/C21H22N4O3/c26-21(16-4-2-1-3-5-16)15-23-10-12-24(13-11-23)19-6-7-20(25(27)28)18-14-22-9-8-17(18)19/h1-9,14,21,26H,10-13,15H2. The first-order chi connectivity index (χ1) is 13.6. The molecule has 0 saturated carbocycles. The predicted octanol–water partition coefficient (Wildman–Crippen LogP) is 3.00. The van der Waals surface area contributed by atoms with Gasteiger partial charge >= 0.3 is 0 Å². The summed E-state index contributed by atoms with van der Waals surface area (Å²) in [6.07, 6.45) is 2.73. The highest BCUT2D eigenvalue weighted by Gasteiger charge is 2.23. The van der Waals surface area contributed by atoms with Gasteiger partial charge in [-0.1, -0.05) is 30.3 Å². The van der Waals surface area contributed by atoms with Gasteiger partial charge < -0.3 is 10.0 Å². The molecule has 2 aromatic carbocycles. The number of aliphatic hydroxyl groups excluding tert-OH is 1. The summed E-state index contributed by atoms with van der Waals surface area (Å²) in [7, 11) is 0. The molecule has 7 nitrogen and oxygen atoms in total. The highest BCUT2D eigenvalue weighted by atomic mass is 16.6. The number of anilines is 1. The van der Waals surface area contributed by atoms with Crippen molar-refractivity contribution in [3.05, 3.63) is 76.6 Å². The number of non-ortho nitro benzene ring substituents is 1. The maximum atomic E-state index is 11.3. The van der Waals surface area contributed by atoms with Gasteiger partial charge in [-0.2, -0.15) is 0 Å². The van der Waals surface area contributed by atoms with Crippen molar-refractivity contribution in [2.24, 2.45) is 0 Å². The Bertz CT molecular complexity index is 972. The molecule has 0 bridgehead atoms. The molecule has 0 radical (unpaired) electrons. The summed E-state index contributed by atoms with van der Waals surface area (Å²) in [5.41, 5.74) is 2.00. The van der Waals surface area contributed by atoms with Crippen LogP contribution < -0.4 is 4.90 Å². The van der Waals surface area contributed by atoms with Gasteiger partial charge in [-0.25, -0.2) is 0 Å². The second kappa shape index (κ2) is 7.92. The van der Waals surface area contributed by atoms with E-state index in [1.165, 1.54) is 0 Å². The van der Waals surface area contributed by atoms with Crippen LogP contribution in [0.2, 0.25) is 0 Å². The monoisotopic (exact) mass is 378 g/mol. The van der Waals surface area contributed by atoms with Crippen molar-refractivity contribution < 1.29 is 10.0 Å².